The first-order valence-corrected chi connectivity index (χ1v) is 11.1. The van der Waals surface area contributed by atoms with Crippen LogP contribution in [0.2, 0.25) is 0 Å². The molecule has 5 aromatic rings. The van der Waals surface area contributed by atoms with Crippen LogP contribution in [0.5, 0.6) is 23.0 Å². The Morgan fingerprint density at radius 2 is 1.34 bits per heavy atom. The third-order valence-corrected chi connectivity index (χ3v) is 5.10. The Labute approximate surface area is 203 Å². The Bertz CT molecular complexity index is 1420. The summed E-state index contributed by atoms with van der Waals surface area (Å²) >= 11 is 0. The number of ether oxygens (including phenoxy) is 2. The summed E-state index contributed by atoms with van der Waals surface area (Å²) < 4.78 is 11.7. The van der Waals surface area contributed by atoms with Gasteiger partial charge in [0.15, 0.2) is 0 Å². The predicted molar refractivity (Wildman–Crippen MR) is 137 cm³/mol. The lowest BCUT2D eigenvalue weighted by Crippen LogP contribution is -2.01. The molecule has 0 aliphatic carbocycles. The third-order valence-electron chi connectivity index (χ3n) is 5.10. The summed E-state index contributed by atoms with van der Waals surface area (Å²) in [6.45, 7) is 1.93. The van der Waals surface area contributed by atoms with E-state index in [0.717, 1.165) is 39.9 Å². The Balaban J connectivity index is 1.28. The van der Waals surface area contributed by atoms with E-state index in [1.54, 1.807) is 6.20 Å². The maximum Gasteiger partial charge on any atom is 0.222 e. The van der Waals surface area contributed by atoms with Crippen molar-refractivity contribution in [2.45, 2.75) is 6.92 Å². The van der Waals surface area contributed by atoms with Crippen molar-refractivity contribution in [3.63, 3.8) is 0 Å². The van der Waals surface area contributed by atoms with Gasteiger partial charge in [0.05, 0.1) is 5.69 Å². The average molecular weight is 462 g/mol. The molecule has 2 aromatic heterocycles. The van der Waals surface area contributed by atoms with Crippen LogP contribution in [0.3, 0.4) is 0 Å². The molecular formula is C28H23N5O2. The lowest BCUT2D eigenvalue weighted by atomic mass is 10.1. The number of nitrogens with two attached hydrogens (primary N) is 1. The fraction of sp³-hybridized carbons (Fsp3) is 0.0357. The highest BCUT2D eigenvalue weighted by atomic mass is 16.5. The molecule has 172 valence electrons. The Morgan fingerprint density at radius 1 is 0.686 bits per heavy atom. The number of aryl methyl sites for hydroxylation is 1. The highest BCUT2D eigenvalue weighted by Crippen LogP contribution is 2.28. The van der Waals surface area contributed by atoms with E-state index in [1.807, 2.05) is 104 Å². The standard InChI is InChI=1S/C28H23N5O2/c1-19-17-25(15-16-30-19)35-24-13-9-21(10-14-24)31-27-18-26(32-28(29)33-27)20-7-11-23(12-8-20)34-22-5-3-2-4-6-22/h2-18H,1H3,(H3,29,31,32,33). The van der Waals surface area contributed by atoms with Crippen molar-refractivity contribution < 1.29 is 9.47 Å². The maximum absolute atomic E-state index is 5.99. The second-order valence-corrected chi connectivity index (χ2v) is 7.82. The number of rotatable bonds is 7. The van der Waals surface area contributed by atoms with Crippen LogP contribution in [0.1, 0.15) is 5.69 Å². The first-order chi connectivity index (χ1) is 17.1. The molecule has 0 aliphatic heterocycles. The number of nitrogen functional groups attached to an aromatic ring is 1. The van der Waals surface area contributed by atoms with Crippen molar-refractivity contribution in [1.29, 1.82) is 0 Å². The summed E-state index contributed by atoms with van der Waals surface area (Å²) in [5, 5.41) is 3.28. The molecule has 0 unspecified atom stereocenters. The maximum atomic E-state index is 5.99. The van der Waals surface area contributed by atoms with Crippen LogP contribution in [0.15, 0.2) is 103 Å². The monoisotopic (exact) mass is 461 g/mol. The molecule has 3 aromatic carbocycles. The molecule has 0 bridgehead atoms. The van der Waals surface area contributed by atoms with Crippen molar-refractivity contribution >= 4 is 17.5 Å². The van der Waals surface area contributed by atoms with E-state index in [-0.39, 0.29) is 5.95 Å². The number of hydrogen-bond acceptors (Lipinski definition) is 7. The molecule has 0 amide bonds. The van der Waals surface area contributed by atoms with Gasteiger partial charge >= 0.3 is 0 Å². The second-order valence-electron chi connectivity index (χ2n) is 7.82. The first kappa shape index (κ1) is 21.9. The zero-order chi connectivity index (χ0) is 24.0. The number of hydrogen-bond donors (Lipinski definition) is 2. The van der Waals surface area contributed by atoms with E-state index < -0.39 is 0 Å². The highest BCUT2D eigenvalue weighted by molar-refractivity contribution is 5.67. The van der Waals surface area contributed by atoms with Gasteiger partial charge in [0, 0.05) is 35.3 Å². The number of anilines is 3. The summed E-state index contributed by atoms with van der Waals surface area (Å²) in [4.78, 5) is 12.9. The van der Waals surface area contributed by atoms with Crippen LogP contribution in [-0.2, 0) is 0 Å². The van der Waals surface area contributed by atoms with Gasteiger partial charge in [0.1, 0.15) is 28.8 Å². The quantitative estimate of drug-likeness (QED) is 0.276. The highest BCUT2D eigenvalue weighted by Gasteiger charge is 2.07. The Hall–Kier alpha value is -4.91. The smallest absolute Gasteiger partial charge is 0.222 e. The van der Waals surface area contributed by atoms with Crippen LogP contribution in [-0.4, -0.2) is 15.0 Å². The topological polar surface area (TPSA) is 95.2 Å². The van der Waals surface area contributed by atoms with E-state index in [9.17, 15) is 0 Å². The summed E-state index contributed by atoms with van der Waals surface area (Å²) in [6, 6.07) is 30.5. The van der Waals surface area contributed by atoms with Crippen molar-refractivity contribution in [2.24, 2.45) is 0 Å². The first-order valence-electron chi connectivity index (χ1n) is 11.1. The second kappa shape index (κ2) is 9.93. The summed E-state index contributed by atoms with van der Waals surface area (Å²) in [5.41, 5.74) is 9.35. The van der Waals surface area contributed by atoms with E-state index in [2.05, 4.69) is 20.3 Å². The fourth-order valence-corrected chi connectivity index (χ4v) is 3.47. The third kappa shape index (κ3) is 5.72. The van der Waals surface area contributed by atoms with Gasteiger partial charge in [-0.25, -0.2) is 4.98 Å². The number of nitrogens with zero attached hydrogens (tertiary/aromatic N) is 3. The minimum Gasteiger partial charge on any atom is -0.457 e. The summed E-state index contributed by atoms with van der Waals surface area (Å²) in [7, 11) is 0. The molecule has 0 saturated carbocycles. The summed E-state index contributed by atoms with van der Waals surface area (Å²) in [6.07, 6.45) is 1.72. The number of aromatic nitrogens is 3. The van der Waals surface area contributed by atoms with Gasteiger partial charge in [0.2, 0.25) is 5.95 Å². The normalized spacial score (nSPS) is 10.5. The minimum atomic E-state index is 0.183. The molecule has 3 N–H and O–H groups in total. The lowest BCUT2D eigenvalue weighted by molar-refractivity contribution is 0.481. The fourth-order valence-electron chi connectivity index (χ4n) is 3.47. The van der Waals surface area contributed by atoms with E-state index in [0.29, 0.717) is 11.5 Å². The molecular weight excluding hydrogens is 438 g/mol. The van der Waals surface area contributed by atoms with E-state index in [1.165, 1.54) is 0 Å². The molecule has 0 saturated heterocycles. The molecule has 0 fully saturated rings. The minimum absolute atomic E-state index is 0.183. The van der Waals surface area contributed by atoms with Gasteiger partial charge in [-0.3, -0.25) is 4.98 Å². The van der Waals surface area contributed by atoms with Crippen molar-refractivity contribution in [1.82, 2.24) is 15.0 Å². The van der Waals surface area contributed by atoms with Crippen molar-refractivity contribution in [2.75, 3.05) is 11.1 Å². The number of pyridine rings is 1. The van der Waals surface area contributed by atoms with Gasteiger partial charge in [0.25, 0.3) is 0 Å². The molecule has 35 heavy (non-hydrogen) atoms. The Kier molecular flexibility index (Phi) is 6.21. The van der Waals surface area contributed by atoms with Crippen LogP contribution in [0.25, 0.3) is 11.3 Å². The molecule has 7 nitrogen and oxygen atoms in total. The number of nitrogens with one attached hydrogen (secondary N) is 1. The molecule has 0 atom stereocenters. The van der Waals surface area contributed by atoms with Crippen LogP contribution in [0.4, 0.5) is 17.5 Å². The Morgan fingerprint density at radius 3 is 2.06 bits per heavy atom. The molecule has 7 heteroatoms. The van der Waals surface area contributed by atoms with Crippen LogP contribution < -0.4 is 20.5 Å². The summed E-state index contributed by atoms with van der Waals surface area (Å²) in [5.74, 6) is 3.77. The lowest BCUT2D eigenvalue weighted by Gasteiger charge is -2.11. The largest absolute Gasteiger partial charge is 0.457 e. The van der Waals surface area contributed by atoms with Gasteiger partial charge in [-0.15, -0.1) is 0 Å². The van der Waals surface area contributed by atoms with E-state index >= 15 is 0 Å². The zero-order valence-electron chi connectivity index (χ0n) is 19.1. The zero-order valence-corrected chi connectivity index (χ0v) is 19.1. The van der Waals surface area contributed by atoms with Gasteiger partial charge in [-0.2, -0.15) is 4.98 Å². The molecule has 5 rings (SSSR count). The number of benzene rings is 3. The average Bonchev–Trinajstić information content (AvgIpc) is 2.86. The van der Waals surface area contributed by atoms with Crippen molar-refractivity contribution in [3.8, 4) is 34.3 Å². The van der Waals surface area contributed by atoms with Crippen molar-refractivity contribution in [3.05, 3.63) is 109 Å². The molecule has 0 radical (unpaired) electrons. The predicted octanol–water partition coefficient (Wildman–Crippen LogP) is 6.76. The molecule has 0 spiro atoms. The van der Waals surface area contributed by atoms with Gasteiger partial charge in [-0.1, -0.05) is 18.2 Å². The van der Waals surface area contributed by atoms with Gasteiger partial charge < -0.3 is 20.5 Å². The molecule has 2 heterocycles. The SMILES string of the molecule is Cc1cc(Oc2ccc(Nc3cc(-c4ccc(Oc5ccccc5)cc4)nc(N)n3)cc2)ccn1. The number of para-hydroxylation sites is 1. The van der Waals surface area contributed by atoms with Crippen LogP contribution in [0, 0.1) is 6.92 Å². The molecule has 0 aliphatic rings. The van der Waals surface area contributed by atoms with E-state index in [4.69, 9.17) is 15.2 Å². The van der Waals surface area contributed by atoms with Crippen LogP contribution >= 0.6 is 0 Å². The van der Waals surface area contributed by atoms with Gasteiger partial charge in [-0.05, 0) is 73.7 Å².